The van der Waals surface area contributed by atoms with Crippen molar-refractivity contribution in [3.05, 3.63) is 46.5 Å². The van der Waals surface area contributed by atoms with Crippen molar-refractivity contribution in [1.29, 1.82) is 0 Å². The van der Waals surface area contributed by atoms with E-state index in [1.54, 1.807) is 23.0 Å². The zero-order valence-electron chi connectivity index (χ0n) is 9.62. The molecule has 0 aliphatic rings. The van der Waals surface area contributed by atoms with Gasteiger partial charge in [0, 0.05) is 6.07 Å². The van der Waals surface area contributed by atoms with Gasteiger partial charge < -0.3 is 5.32 Å². The zero-order chi connectivity index (χ0) is 12.5. The van der Waals surface area contributed by atoms with Crippen LogP contribution in [0.25, 0.3) is 5.65 Å². The second-order valence-corrected chi connectivity index (χ2v) is 4.81. The van der Waals surface area contributed by atoms with Crippen LogP contribution in [-0.4, -0.2) is 20.5 Å². The van der Waals surface area contributed by atoms with E-state index in [1.165, 1.54) is 11.3 Å². The van der Waals surface area contributed by atoms with Crippen LogP contribution in [0.4, 0.5) is 5.69 Å². The number of carbonyl (C=O) groups excluding carboxylic acids is 1. The number of thiophene rings is 1. The second-order valence-electron chi connectivity index (χ2n) is 3.86. The molecule has 3 aromatic heterocycles. The first-order chi connectivity index (χ1) is 8.72. The van der Waals surface area contributed by atoms with Crippen molar-refractivity contribution in [2.75, 3.05) is 5.32 Å². The second kappa shape index (κ2) is 4.23. The number of anilines is 1. The van der Waals surface area contributed by atoms with E-state index in [0.717, 1.165) is 11.3 Å². The molecule has 5 nitrogen and oxygen atoms in total. The first kappa shape index (κ1) is 10.9. The van der Waals surface area contributed by atoms with Gasteiger partial charge in [0.1, 0.15) is 0 Å². The van der Waals surface area contributed by atoms with Crippen molar-refractivity contribution in [3.63, 3.8) is 0 Å². The highest BCUT2D eigenvalue weighted by atomic mass is 32.1. The van der Waals surface area contributed by atoms with Gasteiger partial charge in [-0.1, -0.05) is 6.07 Å². The molecule has 6 heteroatoms. The number of aromatic nitrogens is 3. The van der Waals surface area contributed by atoms with Gasteiger partial charge in [0.2, 0.25) is 0 Å². The Labute approximate surface area is 107 Å². The van der Waals surface area contributed by atoms with Gasteiger partial charge in [0.15, 0.2) is 5.65 Å². The molecule has 1 N–H and O–H groups in total. The average Bonchev–Trinajstić information content (AvgIpc) is 2.95. The smallest absolute Gasteiger partial charge is 0.265 e. The minimum absolute atomic E-state index is 0.130. The molecular weight excluding hydrogens is 248 g/mol. The lowest BCUT2D eigenvalue weighted by Crippen LogP contribution is -2.11. The Morgan fingerprint density at radius 1 is 1.50 bits per heavy atom. The quantitative estimate of drug-likeness (QED) is 0.767. The number of aryl methyl sites for hydroxylation is 1. The summed E-state index contributed by atoms with van der Waals surface area (Å²) in [4.78, 5) is 16.8. The first-order valence-corrected chi connectivity index (χ1v) is 6.27. The van der Waals surface area contributed by atoms with Crippen LogP contribution in [0.15, 0.2) is 36.0 Å². The topological polar surface area (TPSA) is 59.3 Å². The first-order valence-electron chi connectivity index (χ1n) is 5.39. The van der Waals surface area contributed by atoms with Crippen LogP contribution in [0.1, 0.15) is 15.4 Å². The molecule has 0 aliphatic carbocycles. The number of carbonyl (C=O) groups is 1. The fourth-order valence-corrected chi connectivity index (χ4v) is 2.28. The highest BCUT2D eigenvalue weighted by Crippen LogP contribution is 2.13. The minimum Gasteiger partial charge on any atom is -0.319 e. The molecule has 1 amide bonds. The molecule has 18 heavy (non-hydrogen) atoms. The van der Waals surface area contributed by atoms with E-state index in [2.05, 4.69) is 15.4 Å². The van der Waals surface area contributed by atoms with Crippen LogP contribution in [0.5, 0.6) is 0 Å². The van der Waals surface area contributed by atoms with E-state index in [4.69, 9.17) is 0 Å². The number of nitrogens with one attached hydrogen (secondary N) is 1. The molecule has 3 heterocycles. The summed E-state index contributed by atoms with van der Waals surface area (Å²) >= 11 is 1.40. The van der Waals surface area contributed by atoms with E-state index in [-0.39, 0.29) is 5.91 Å². The predicted molar refractivity (Wildman–Crippen MR) is 70.0 cm³/mol. The van der Waals surface area contributed by atoms with Gasteiger partial charge in [0.05, 0.1) is 28.7 Å². The molecule has 0 saturated carbocycles. The van der Waals surface area contributed by atoms with E-state index in [1.807, 2.05) is 24.4 Å². The van der Waals surface area contributed by atoms with Gasteiger partial charge >= 0.3 is 0 Å². The van der Waals surface area contributed by atoms with Gasteiger partial charge in [0.25, 0.3) is 5.91 Å². The van der Waals surface area contributed by atoms with Crippen LogP contribution in [0.2, 0.25) is 0 Å². The van der Waals surface area contributed by atoms with Crippen LogP contribution in [0, 0.1) is 6.92 Å². The Kier molecular flexibility index (Phi) is 2.56. The van der Waals surface area contributed by atoms with Crippen LogP contribution < -0.4 is 5.32 Å². The van der Waals surface area contributed by atoms with Gasteiger partial charge in [-0.15, -0.1) is 11.3 Å². The molecule has 90 valence electrons. The zero-order valence-corrected chi connectivity index (χ0v) is 10.4. The molecule has 0 aromatic carbocycles. The van der Waals surface area contributed by atoms with Crippen LogP contribution in [-0.2, 0) is 0 Å². The van der Waals surface area contributed by atoms with Crippen molar-refractivity contribution >= 4 is 28.6 Å². The van der Waals surface area contributed by atoms with Crippen LogP contribution in [0.3, 0.4) is 0 Å². The van der Waals surface area contributed by atoms with E-state index in [9.17, 15) is 4.79 Å². The lowest BCUT2D eigenvalue weighted by Gasteiger charge is -2.03. The normalized spacial score (nSPS) is 10.7. The maximum absolute atomic E-state index is 11.9. The predicted octanol–water partition coefficient (Wildman–Crippen LogP) is 2.35. The highest BCUT2D eigenvalue weighted by molar-refractivity contribution is 7.12. The molecule has 0 aliphatic heterocycles. The molecule has 0 fully saturated rings. The summed E-state index contributed by atoms with van der Waals surface area (Å²) in [6, 6.07) is 5.51. The number of hydrogen-bond acceptors (Lipinski definition) is 4. The number of fused-ring (bicyclic) bond motifs is 1. The Balaban J connectivity index is 1.88. The third kappa shape index (κ3) is 1.98. The maximum Gasteiger partial charge on any atom is 0.265 e. The molecule has 0 atom stereocenters. The fourth-order valence-electron chi connectivity index (χ4n) is 1.66. The number of amides is 1. The summed E-state index contributed by atoms with van der Waals surface area (Å²) in [7, 11) is 0. The molecule has 3 rings (SSSR count). The van der Waals surface area contributed by atoms with E-state index < -0.39 is 0 Å². The molecule has 0 spiro atoms. The summed E-state index contributed by atoms with van der Waals surface area (Å²) in [6.07, 6.45) is 3.38. The molecule has 0 unspecified atom stereocenters. The van der Waals surface area contributed by atoms with Gasteiger partial charge in [-0.2, -0.15) is 5.10 Å². The van der Waals surface area contributed by atoms with Crippen LogP contribution >= 0.6 is 11.3 Å². The lowest BCUT2D eigenvalue weighted by atomic mass is 10.4. The third-order valence-corrected chi connectivity index (χ3v) is 3.31. The average molecular weight is 258 g/mol. The monoisotopic (exact) mass is 258 g/mol. The van der Waals surface area contributed by atoms with Crippen molar-refractivity contribution in [3.8, 4) is 0 Å². The molecule has 0 bridgehead atoms. The molecule has 0 radical (unpaired) electrons. The highest BCUT2D eigenvalue weighted by Gasteiger charge is 2.08. The standard InChI is InChI=1S/C12H10N4OS/c1-8-5-11-13-6-9(7-16(11)15-8)14-12(17)10-3-2-4-18-10/h2-7H,1H3,(H,14,17). The van der Waals surface area contributed by atoms with E-state index in [0.29, 0.717) is 10.6 Å². The Morgan fingerprint density at radius 3 is 3.17 bits per heavy atom. The van der Waals surface area contributed by atoms with Crippen molar-refractivity contribution in [2.45, 2.75) is 6.92 Å². The third-order valence-electron chi connectivity index (χ3n) is 2.44. The summed E-state index contributed by atoms with van der Waals surface area (Å²) in [5.41, 5.74) is 2.29. The molecule has 0 saturated heterocycles. The molecule has 3 aromatic rings. The maximum atomic E-state index is 11.9. The summed E-state index contributed by atoms with van der Waals surface area (Å²) in [5.74, 6) is -0.130. The van der Waals surface area contributed by atoms with Crippen molar-refractivity contribution in [2.24, 2.45) is 0 Å². The fraction of sp³-hybridized carbons (Fsp3) is 0.0833. The van der Waals surface area contributed by atoms with Gasteiger partial charge in [-0.05, 0) is 18.4 Å². The minimum atomic E-state index is -0.130. The number of rotatable bonds is 2. The summed E-state index contributed by atoms with van der Waals surface area (Å²) < 4.78 is 1.65. The Morgan fingerprint density at radius 2 is 2.39 bits per heavy atom. The van der Waals surface area contributed by atoms with Gasteiger partial charge in [-0.3, -0.25) is 4.79 Å². The van der Waals surface area contributed by atoms with E-state index >= 15 is 0 Å². The van der Waals surface area contributed by atoms with Gasteiger partial charge in [-0.25, -0.2) is 9.50 Å². The number of hydrogen-bond donors (Lipinski definition) is 1. The SMILES string of the molecule is Cc1cc2ncc(NC(=O)c3cccs3)cn2n1. The Hall–Kier alpha value is -2.21. The number of nitrogens with zero attached hydrogens (tertiary/aromatic N) is 3. The molecular formula is C12H10N4OS. The summed E-state index contributed by atoms with van der Waals surface area (Å²) in [5, 5.41) is 8.91. The Bertz CT molecular complexity index is 702. The lowest BCUT2D eigenvalue weighted by molar-refractivity contribution is 0.103. The van der Waals surface area contributed by atoms with Crippen molar-refractivity contribution in [1.82, 2.24) is 14.6 Å². The van der Waals surface area contributed by atoms with Crippen molar-refractivity contribution < 1.29 is 4.79 Å². The summed E-state index contributed by atoms with van der Waals surface area (Å²) in [6.45, 7) is 1.90. The largest absolute Gasteiger partial charge is 0.319 e.